The fourth-order valence-electron chi connectivity index (χ4n) is 5.92. The molecule has 8 heteroatoms. The van der Waals surface area contributed by atoms with Crippen LogP contribution in [0, 0.1) is 23.6 Å². The molecule has 0 radical (unpaired) electrons. The van der Waals surface area contributed by atoms with Gasteiger partial charge in [0.25, 0.3) is 0 Å². The Morgan fingerprint density at radius 3 is 2.79 bits per heavy atom. The Kier molecular flexibility index (Phi) is 4.61. The van der Waals surface area contributed by atoms with Crippen LogP contribution in [0.15, 0.2) is 24.3 Å². The molecule has 1 saturated carbocycles. The maximum Gasteiger partial charge on any atom is 0.315 e. The van der Waals surface area contributed by atoms with Gasteiger partial charge in [-0.2, -0.15) is 0 Å². The molecule has 7 nitrogen and oxygen atoms in total. The lowest BCUT2D eigenvalue weighted by Gasteiger charge is -2.48. The molecule has 5 rings (SSSR count). The van der Waals surface area contributed by atoms with E-state index in [4.69, 9.17) is 4.74 Å². The van der Waals surface area contributed by atoms with Crippen LogP contribution in [0.2, 0.25) is 0 Å². The third kappa shape index (κ3) is 3.23. The van der Waals surface area contributed by atoms with Crippen LogP contribution >= 0.6 is 0 Å². The molecule has 0 bridgehead atoms. The summed E-state index contributed by atoms with van der Waals surface area (Å²) in [7, 11) is 1.86. The monoisotopic (exact) mass is 402 g/mol. The van der Waals surface area contributed by atoms with Crippen LogP contribution in [0.1, 0.15) is 19.3 Å². The first-order valence-electron chi connectivity index (χ1n) is 10.5. The average molecular weight is 402 g/mol. The number of halogens is 1. The third-order valence-corrected chi connectivity index (χ3v) is 7.20. The molecular formula is C21H27FN4O3. The molecule has 4 fully saturated rings. The van der Waals surface area contributed by atoms with Gasteiger partial charge in [0.15, 0.2) is 0 Å². The maximum absolute atomic E-state index is 13.8. The summed E-state index contributed by atoms with van der Waals surface area (Å²) in [6, 6.07) is 5.70. The number of likely N-dealkylation sites (tertiary alicyclic amines) is 1. The molecule has 4 aliphatic rings. The molecule has 156 valence electrons. The van der Waals surface area contributed by atoms with Gasteiger partial charge in [0.1, 0.15) is 17.7 Å². The van der Waals surface area contributed by atoms with Gasteiger partial charge in [-0.25, -0.2) is 9.18 Å². The van der Waals surface area contributed by atoms with Gasteiger partial charge in [0, 0.05) is 25.6 Å². The number of nitrogens with zero attached hydrogens (tertiary/aromatic N) is 1. The molecule has 7 unspecified atom stereocenters. The van der Waals surface area contributed by atoms with Gasteiger partial charge in [-0.15, -0.1) is 0 Å². The van der Waals surface area contributed by atoms with Crippen LogP contribution in [-0.2, 0) is 4.79 Å². The number of amides is 3. The van der Waals surface area contributed by atoms with Crippen LogP contribution in [-0.4, -0.2) is 61.2 Å². The number of piperidine rings is 1. The summed E-state index contributed by atoms with van der Waals surface area (Å²) < 4.78 is 20.1. The van der Waals surface area contributed by atoms with Crippen LogP contribution in [0.3, 0.4) is 0 Å². The van der Waals surface area contributed by atoms with Crippen molar-refractivity contribution in [2.75, 3.05) is 20.1 Å². The van der Waals surface area contributed by atoms with Crippen LogP contribution in [0.4, 0.5) is 9.18 Å². The largest absolute Gasteiger partial charge is 0.488 e. The third-order valence-electron chi connectivity index (χ3n) is 7.20. The molecule has 3 aliphatic heterocycles. The SMILES string of the molecule is CN1CC(C2CCC3NC(=O)NC3C2Oc2cccc(F)c2)C2CCNC2C1=O. The number of carbonyl (C=O) groups is 2. The summed E-state index contributed by atoms with van der Waals surface area (Å²) in [5.74, 6) is 1.00. The number of ether oxygens (including phenoxy) is 1. The molecule has 0 aromatic heterocycles. The van der Waals surface area contributed by atoms with Crippen molar-refractivity contribution in [2.24, 2.45) is 17.8 Å². The number of nitrogens with one attached hydrogen (secondary N) is 3. The Hall–Kier alpha value is -2.35. The average Bonchev–Trinajstić information content (AvgIpc) is 3.32. The van der Waals surface area contributed by atoms with Crippen molar-refractivity contribution in [3.05, 3.63) is 30.1 Å². The van der Waals surface area contributed by atoms with Crippen molar-refractivity contribution < 1.29 is 18.7 Å². The second kappa shape index (κ2) is 7.16. The quantitative estimate of drug-likeness (QED) is 0.707. The van der Waals surface area contributed by atoms with E-state index in [1.807, 2.05) is 11.9 Å². The summed E-state index contributed by atoms with van der Waals surface area (Å²) in [5.41, 5.74) is 0. The minimum Gasteiger partial charge on any atom is -0.488 e. The normalized spacial score (nSPS) is 38.8. The molecule has 3 N–H and O–H groups in total. The lowest BCUT2D eigenvalue weighted by Crippen LogP contribution is -2.61. The van der Waals surface area contributed by atoms with E-state index in [1.54, 1.807) is 12.1 Å². The highest BCUT2D eigenvalue weighted by molar-refractivity contribution is 5.83. The first-order chi connectivity index (χ1) is 14.0. The topological polar surface area (TPSA) is 82.7 Å². The fourth-order valence-corrected chi connectivity index (χ4v) is 5.92. The maximum atomic E-state index is 13.8. The highest BCUT2D eigenvalue weighted by atomic mass is 19.1. The van der Waals surface area contributed by atoms with E-state index in [0.717, 1.165) is 25.8 Å². The molecule has 7 atom stereocenters. The first-order valence-corrected chi connectivity index (χ1v) is 10.5. The van der Waals surface area contributed by atoms with Gasteiger partial charge in [-0.1, -0.05) is 6.07 Å². The van der Waals surface area contributed by atoms with Gasteiger partial charge in [0.05, 0.1) is 18.1 Å². The van der Waals surface area contributed by atoms with E-state index in [1.165, 1.54) is 12.1 Å². The number of rotatable bonds is 3. The summed E-state index contributed by atoms with van der Waals surface area (Å²) in [6.07, 6.45) is 2.47. The second-order valence-corrected chi connectivity index (χ2v) is 8.80. The standard InChI is InChI=1S/C21H27FN4O3/c1-26-10-15(13-7-8-23-17(13)20(26)27)14-5-6-16-18(25-21(28)24-16)19(14)29-12-4-2-3-11(22)9-12/h2-4,9,13-19,23H,5-8,10H2,1H3,(H2,24,25,28). The fraction of sp³-hybridized carbons (Fsp3) is 0.619. The molecule has 1 aromatic rings. The molecule has 3 saturated heterocycles. The minimum atomic E-state index is -0.344. The number of carbonyl (C=O) groups excluding carboxylic acids is 2. The Labute approximate surface area is 169 Å². The van der Waals surface area contributed by atoms with E-state index in [9.17, 15) is 14.0 Å². The van der Waals surface area contributed by atoms with Gasteiger partial charge in [-0.05, 0) is 49.8 Å². The first kappa shape index (κ1) is 18.7. The number of hydrogen-bond donors (Lipinski definition) is 3. The van der Waals surface area contributed by atoms with E-state index < -0.39 is 0 Å². The Bertz CT molecular complexity index is 821. The number of hydrogen-bond acceptors (Lipinski definition) is 4. The van der Waals surface area contributed by atoms with Gasteiger partial charge < -0.3 is 25.6 Å². The summed E-state index contributed by atoms with van der Waals surface area (Å²) in [6.45, 7) is 1.53. The molecule has 29 heavy (non-hydrogen) atoms. The smallest absolute Gasteiger partial charge is 0.315 e. The van der Waals surface area contributed by atoms with E-state index in [-0.39, 0.29) is 59.7 Å². The van der Waals surface area contributed by atoms with Crippen molar-refractivity contribution in [3.8, 4) is 5.75 Å². The predicted octanol–water partition coefficient (Wildman–Crippen LogP) is 1.10. The van der Waals surface area contributed by atoms with Crippen molar-refractivity contribution in [3.63, 3.8) is 0 Å². The van der Waals surface area contributed by atoms with Crippen molar-refractivity contribution >= 4 is 11.9 Å². The molecule has 1 aromatic carbocycles. The summed E-state index contributed by atoms with van der Waals surface area (Å²) in [5, 5.41) is 9.38. The van der Waals surface area contributed by atoms with E-state index >= 15 is 0 Å². The Morgan fingerprint density at radius 1 is 1.10 bits per heavy atom. The second-order valence-electron chi connectivity index (χ2n) is 8.80. The van der Waals surface area contributed by atoms with Gasteiger partial charge in [-0.3, -0.25) is 4.79 Å². The van der Waals surface area contributed by atoms with E-state index in [2.05, 4.69) is 16.0 Å². The van der Waals surface area contributed by atoms with Crippen LogP contribution in [0.25, 0.3) is 0 Å². The Balaban J connectivity index is 1.46. The van der Waals surface area contributed by atoms with Crippen LogP contribution < -0.4 is 20.7 Å². The van der Waals surface area contributed by atoms with Gasteiger partial charge in [0.2, 0.25) is 5.91 Å². The number of benzene rings is 1. The van der Waals surface area contributed by atoms with Gasteiger partial charge >= 0.3 is 6.03 Å². The van der Waals surface area contributed by atoms with Crippen LogP contribution in [0.5, 0.6) is 5.75 Å². The summed E-state index contributed by atoms with van der Waals surface area (Å²) in [4.78, 5) is 26.4. The zero-order valence-corrected chi connectivity index (χ0v) is 16.4. The molecule has 0 spiro atoms. The van der Waals surface area contributed by atoms with E-state index in [0.29, 0.717) is 12.3 Å². The summed E-state index contributed by atoms with van der Waals surface area (Å²) >= 11 is 0. The molecule has 3 amide bonds. The van der Waals surface area contributed by atoms with Crippen molar-refractivity contribution in [1.29, 1.82) is 0 Å². The van der Waals surface area contributed by atoms with Crippen molar-refractivity contribution in [1.82, 2.24) is 20.9 Å². The molecule has 1 aliphatic carbocycles. The molecular weight excluding hydrogens is 375 g/mol. The number of fused-ring (bicyclic) bond motifs is 2. The Morgan fingerprint density at radius 2 is 1.97 bits per heavy atom. The molecule has 3 heterocycles. The number of urea groups is 1. The highest BCUT2D eigenvalue weighted by Crippen LogP contribution is 2.43. The predicted molar refractivity (Wildman–Crippen MR) is 104 cm³/mol. The van der Waals surface area contributed by atoms with Crippen molar-refractivity contribution in [2.45, 2.75) is 43.5 Å². The lowest BCUT2D eigenvalue weighted by atomic mass is 9.66. The number of likely N-dealkylation sites (N-methyl/N-ethyl adjacent to an activating group) is 1. The zero-order chi connectivity index (χ0) is 20.1. The lowest BCUT2D eigenvalue weighted by molar-refractivity contribution is -0.140. The minimum absolute atomic E-state index is 0.0118. The highest BCUT2D eigenvalue weighted by Gasteiger charge is 2.53. The zero-order valence-electron chi connectivity index (χ0n) is 16.4.